The van der Waals surface area contributed by atoms with Crippen LogP contribution >= 0.6 is 22.7 Å². The van der Waals surface area contributed by atoms with E-state index in [-0.39, 0.29) is 16.9 Å². The Morgan fingerprint density at radius 1 is 1.47 bits per heavy atom. The molecule has 2 aromatic heterocycles. The number of aliphatic hydroxyl groups excluding tert-OH is 1. The van der Waals surface area contributed by atoms with E-state index in [1.807, 2.05) is 12.3 Å². The predicted octanol–water partition coefficient (Wildman–Crippen LogP) is 2.13. The van der Waals surface area contributed by atoms with E-state index in [1.54, 1.807) is 11.6 Å². The molecule has 104 valence electrons. The maximum absolute atomic E-state index is 12.2. The normalized spacial score (nSPS) is 13.6. The molecule has 0 fully saturated rings. The molecule has 0 aliphatic rings. The van der Waals surface area contributed by atoms with Crippen LogP contribution in [-0.4, -0.2) is 18.5 Å². The summed E-state index contributed by atoms with van der Waals surface area (Å²) in [6.45, 7) is 1.75. The van der Waals surface area contributed by atoms with Crippen LogP contribution in [0.25, 0.3) is 0 Å². The van der Waals surface area contributed by atoms with E-state index in [0.29, 0.717) is 12.0 Å². The van der Waals surface area contributed by atoms with Gasteiger partial charge >= 0.3 is 0 Å². The van der Waals surface area contributed by atoms with E-state index in [0.717, 1.165) is 16.3 Å². The van der Waals surface area contributed by atoms with Crippen molar-refractivity contribution in [1.29, 1.82) is 0 Å². The average molecular weight is 318 g/mol. The van der Waals surface area contributed by atoms with Gasteiger partial charge in [0, 0.05) is 11.6 Å². The fourth-order valence-electron chi connectivity index (χ4n) is 1.54. The quantitative estimate of drug-likeness (QED) is 0.855. The lowest BCUT2D eigenvalue weighted by molar-refractivity contribution is 0.282. The molecule has 1 atom stereocenters. The lowest BCUT2D eigenvalue weighted by atomic mass is 10.3. The van der Waals surface area contributed by atoms with Gasteiger partial charge in [0.2, 0.25) is 0 Å². The highest BCUT2D eigenvalue weighted by Gasteiger charge is 2.23. The monoisotopic (exact) mass is 318 g/mol. The third-order valence-corrected chi connectivity index (χ3v) is 6.38. The number of nitrogens with one attached hydrogen (secondary N) is 1. The van der Waals surface area contributed by atoms with Crippen LogP contribution in [0.2, 0.25) is 0 Å². The summed E-state index contributed by atoms with van der Waals surface area (Å²) in [5, 5.41) is 13.2. The van der Waals surface area contributed by atoms with E-state index in [1.165, 1.54) is 17.4 Å². The van der Waals surface area contributed by atoms with E-state index in [2.05, 4.69) is 9.71 Å². The lowest BCUT2D eigenvalue weighted by Gasteiger charge is -2.13. The second-order valence-corrected chi connectivity index (χ2v) is 7.66. The number of aliphatic hydroxyl groups is 1. The van der Waals surface area contributed by atoms with Crippen molar-refractivity contribution in [3.05, 3.63) is 33.6 Å². The Kier molecular flexibility index (Phi) is 4.69. The first-order valence-corrected chi connectivity index (χ1v) is 8.91. The van der Waals surface area contributed by atoms with Gasteiger partial charge in [0.25, 0.3) is 10.0 Å². The fraction of sp³-hybridized carbons (Fsp3) is 0.364. The van der Waals surface area contributed by atoms with Crippen molar-refractivity contribution in [2.24, 2.45) is 0 Å². The van der Waals surface area contributed by atoms with Crippen LogP contribution in [0.15, 0.2) is 27.2 Å². The average Bonchev–Trinajstić information content (AvgIpc) is 3.06. The van der Waals surface area contributed by atoms with Crippen LogP contribution in [0.3, 0.4) is 0 Å². The Morgan fingerprint density at radius 3 is 2.79 bits per heavy atom. The van der Waals surface area contributed by atoms with Gasteiger partial charge in [-0.05, 0) is 23.4 Å². The topological polar surface area (TPSA) is 79.3 Å². The Bertz CT molecular complexity index is 619. The van der Waals surface area contributed by atoms with E-state index in [4.69, 9.17) is 5.11 Å². The van der Waals surface area contributed by atoms with Gasteiger partial charge in [0.1, 0.15) is 9.22 Å². The molecule has 0 aliphatic heterocycles. The number of rotatable bonds is 6. The van der Waals surface area contributed by atoms with E-state index in [9.17, 15) is 8.42 Å². The summed E-state index contributed by atoms with van der Waals surface area (Å²) in [7, 11) is -3.56. The summed E-state index contributed by atoms with van der Waals surface area (Å²) < 4.78 is 27.3. The number of thiophene rings is 1. The largest absolute Gasteiger partial charge is 0.392 e. The highest BCUT2D eigenvalue weighted by molar-refractivity contribution is 7.91. The SMILES string of the molecule is CCC(NS(=O)(=O)c1cc(CO)cs1)c1nccs1. The highest BCUT2D eigenvalue weighted by atomic mass is 32.2. The first-order chi connectivity index (χ1) is 9.06. The summed E-state index contributed by atoms with van der Waals surface area (Å²) in [5.74, 6) is 0. The van der Waals surface area contributed by atoms with Crippen molar-refractivity contribution in [1.82, 2.24) is 9.71 Å². The molecule has 0 spiro atoms. The Morgan fingerprint density at radius 2 is 2.26 bits per heavy atom. The number of sulfonamides is 1. The smallest absolute Gasteiger partial charge is 0.250 e. The van der Waals surface area contributed by atoms with Crippen molar-refractivity contribution in [2.75, 3.05) is 0 Å². The Balaban J connectivity index is 2.20. The molecule has 0 amide bonds. The van der Waals surface area contributed by atoms with Crippen molar-refractivity contribution in [3.63, 3.8) is 0 Å². The van der Waals surface area contributed by atoms with E-state index < -0.39 is 10.0 Å². The molecular formula is C11H14N2O3S3. The van der Waals surface area contributed by atoms with Crippen molar-refractivity contribution in [2.45, 2.75) is 30.2 Å². The molecular weight excluding hydrogens is 304 g/mol. The van der Waals surface area contributed by atoms with Crippen molar-refractivity contribution < 1.29 is 13.5 Å². The van der Waals surface area contributed by atoms with Gasteiger partial charge in [-0.1, -0.05) is 6.92 Å². The van der Waals surface area contributed by atoms with Crippen LogP contribution in [-0.2, 0) is 16.6 Å². The summed E-state index contributed by atoms with van der Waals surface area (Å²) in [4.78, 5) is 4.14. The zero-order chi connectivity index (χ0) is 13.9. The predicted molar refractivity (Wildman–Crippen MR) is 75.7 cm³/mol. The molecule has 2 heterocycles. The fourth-order valence-corrected chi connectivity index (χ4v) is 4.89. The summed E-state index contributed by atoms with van der Waals surface area (Å²) in [5.41, 5.74) is 0.604. The van der Waals surface area contributed by atoms with Gasteiger partial charge in [-0.25, -0.2) is 18.1 Å². The second-order valence-electron chi connectivity index (χ2n) is 3.88. The van der Waals surface area contributed by atoms with Crippen LogP contribution in [0.5, 0.6) is 0 Å². The van der Waals surface area contributed by atoms with Crippen LogP contribution in [0.1, 0.15) is 30.0 Å². The first kappa shape index (κ1) is 14.6. The zero-order valence-corrected chi connectivity index (χ0v) is 12.7. The minimum atomic E-state index is -3.56. The summed E-state index contributed by atoms with van der Waals surface area (Å²) in [6.07, 6.45) is 2.29. The van der Waals surface area contributed by atoms with Crippen LogP contribution in [0, 0.1) is 0 Å². The molecule has 0 radical (unpaired) electrons. The molecule has 0 saturated heterocycles. The Labute approximate surface area is 120 Å². The molecule has 0 aliphatic carbocycles. The number of nitrogens with zero attached hydrogens (tertiary/aromatic N) is 1. The van der Waals surface area contributed by atoms with Gasteiger partial charge in [-0.3, -0.25) is 0 Å². The number of hydrogen-bond acceptors (Lipinski definition) is 6. The molecule has 0 bridgehead atoms. The van der Waals surface area contributed by atoms with E-state index >= 15 is 0 Å². The molecule has 0 aromatic carbocycles. The van der Waals surface area contributed by atoms with Crippen LogP contribution < -0.4 is 4.72 Å². The van der Waals surface area contributed by atoms with Gasteiger partial charge in [0.05, 0.1) is 12.6 Å². The molecule has 2 rings (SSSR count). The number of thiazole rings is 1. The molecule has 2 N–H and O–H groups in total. The summed E-state index contributed by atoms with van der Waals surface area (Å²) >= 11 is 2.53. The standard InChI is InChI=1S/C11H14N2O3S3/c1-2-9(11-12-3-4-17-11)13-19(15,16)10-5-8(6-14)7-18-10/h3-5,7,9,13-14H,2,6H2,1H3. The Hall–Kier alpha value is -0.800. The molecule has 1 unspecified atom stereocenters. The second kappa shape index (κ2) is 6.10. The molecule has 8 heteroatoms. The maximum Gasteiger partial charge on any atom is 0.250 e. The van der Waals surface area contributed by atoms with Gasteiger partial charge in [0.15, 0.2) is 0 Å². The van der Waals surface area contributed by atoms with Crippen molar-refractivity contribution >= 4 is 32.7 Å². The lowest BCUT2D eigenvalue weighted by Crippen LogP contribution is -2.27. The maximum atomic E-state index is 12.2. The van der Waals surface area contributed by atoms with Crippen molar-refractivity contribution in [3.8, 4) is 0 Å². The zero-order valence-electron chi connectivity index (χ0n) is 10.2. The minimum absolute atomic E-state index is 0.157. The number of aromatic nitrogens is 1. The third-order valence-electron chi connectivity index (χ3n) is 2.53. The molecule has 5 nitrogen and oxygen atoms in total. The van der Waals surface area contributed by atoms with Gasteiger partial charge < -0.3 is 5.11 Å². The molecule has 19 heavy (non-hydrogen) atoms. The first-order valence-electron chi connectivity index (χ1n) is 5.66. The van der Waals surface area contributed by atoms with Gasteiger partial charge in [-0.2, -0.15) is 0 Å². The number of hydrogen-bond donors (Lipinski definition) is 2. The third kappa shape index (κ3) is 3.40. The highest BCUT2D eigenvalue weighted by Crippen LogP contribution is 2.25. The van der Waals surface area contributed by atoms with Gasteiger partial charge in [-0.15, -0.1) is 22.7 Å². The summed E-state index contributed by atoms with van der Waals surface area (Å²) in [6, 6.07) is 1.17. The minimum Gasteiger partial charge on any atom is -0.392 e. The molecule has 0 saturated carbocycles. The molecule has 2 aromatic rings. The van der Waals surface area contributed by atoms with Crippen LogP contribution in [0.4, 0.5) is 0 Å².